The highest BCUT2D eigenvalue weighted by molar-refractivity contribution is 5.71. The van der Waals surface area contributed by atoms with Crippen LogP contribution in [0, 0.1) is 19.8 Å². The Kier molecular flexibility index (Phi) is 3.08. The second kappa shape index (κ2) is 4.78. The van der Waals surface area contributed by atoms with Gasteiger partial charge < -0.3 is 5.11 Å². The number of para-hydroxylation sites is 1. The molecule has 1 unspecified atom stereocenters. The minimum Gasteiger partial charge on any atom is -0.481 e. The van der Waals surface area contributed by atoms with E-state index in [1.54, 1.807) is 0 Å². The molecule has 0 amide bonds. The van der Waals surface area contributed by atoms with E-state index in [-0.39, 0.29) is 5.92 Å². The number of carboxylic acid groups (broad SMARTS) is 1. The maximum atomic E-state index is 11.2. The molecule has 104 valence electrons. The number of aromatic nitrogens is 2. The van der Waals surface area contributed by atoms with Crippen molar-refractivity contribution in [1.29, 1.82) is 0 Å². The first-order chi connectivity index (χ1) is 9.58. The van der Waals surface area contributed by atoms with E-state index in [9.17, 15) is 9.90 Å². The van der Waals surface area contributed by atoms with Gasteiger partial charge in [-0.15, -0.1) is 0 Å². The molecule has 0 spiro atoms. The van der Waals surface area contributed by atoms with E-state index in [1.807, 2.05) is 23.7 Å². The van der Waals surface area contributed by atoms with Gasteiger partial charge >= 0.3 is 5.97 Å². The summed E-state index contributed by atoms with van der Waals surface area (Å²) in [5.41, 5.74) is 5.51. The number of aryl methyl sites for hydroxylation is 2. The van der Waals surface area contributed by atoms with E-state index in [0.717, 1.165) is 23.4 Å². The van der Waals surface area contributed by atoms with Crippen molar-refractivity contribution in [2.24, 2.45) is 5.92 Å². The quantitative estimate of drug-likeness (QED) is 0.912. The van der Waals surface area contributed by atoms with Gasteiger partial charge in [-0.3, -0.25) is 4.79 Å². The van der Waals surface area contributed by atoms with Crippen molar-refractivity contribution in [3.63, 3.8) is 0 Å². The molecule has 2 aromatic rings. The van der Waals surface area contributed by atoms with E-state index >= 15 is 0 Å². The Hall–Kier alpha value is -2.10. The number of fused-ring (bicyclic) bond motifs is 1. The Balaban J connectivity index is 2.07. The van der Waals surface area contributed by atoms with Crippen LogP contribution in [0.1, 0.15) is 28.9 Å². The van der Waals surface area contributed by atoms with Gasteiger partial charge in [0.2, 0.25) is 0 Å². The second-order valence-electron chi connectivity index (χ2n) is 5.49. The average Bonchev–Trinajstić information content (AvgIpc) is 2.76. The van der Waals surface area contributed by atoms with Crippen molar-refractivity contribution in [2.45, 2.75) is 33.1 Å². The first-order valence-corrected chi connectivity index (χ1v) is 6.94. The standard InChI is InChI=1S/C16H18N2O2/c1-10-5-3-4-6-14(10)18-15-8-7-12(16(19)20)9-13(15)11(2)17-18/h3-6,12H,7-9H2,1-2H3,(H,19,20). The summed E-state index contributed by atoms with van der Waals surface area (Å²) in [5.74, 6) is -0.964. The maximum Gasteiger partial charge on any atom is 0.306 e. The Morgan fingerprint density at radius 3 is 2.80 bits per heavy atom. The van der Waals surface area contributed by atoms with Crippen LogP contribution in [0.2, 0.25) is 0 Å². The van der Waals surface area contributed by atoms with E-state index < -0.39 is 5.97 Å². The van der Waals surface area contributed by atoms with Crippen LogP contribution in [0.4, 0.5) is 0 Å². The van der Waals surface area contributed by atoms with E-state index in [4.69, 9.17) is 0 Å². The minimum atomic E-state index is -0.696. The zero-order chi connectivity index (χ0) is 14.3. The van der Waals surface area contributed by atoms with Gasteiger partial charge in [-0.2, -0.15) is 5.10 Å². The topological polar surface area (TPSA) is 55.1 Å². The van der Waals surface area contributed by atoms with Crippen LogP contribution >= 0.6 is 0 Å². The second-order valence-corrected chi connectivity index (χ2v) is 5.49. The fraction of sp³-hybridized carbons (Fsp3) is 0.375. The number of hydrogen-bond acceptors (Lipinski definition) is 2. The summed E-state index contributed by atoms with van der Waals surface area (Å²) in [6.45, 7) is 4.04. The highest BCUT2D eigenvalue weighted by Gasteiger charge is 2.29. The third-order valence-electron chi connectivity index (χ3n) is 4.16. The highest BCUT2D eigenvalue weighted by Crippen LogP contribution is 2.30. The number of rotatable bonds is 2. The first-order valence-electron chi connectivity index (χ1n) is 6.94. The zero-order valence-electron chi connectivity index (χ0n) is 11.8. The van der Waals surface area contributed by atoms with Crippen LogP contribution in [0.15, 0.2) is 24.3 Å². The molecule has 0 radical (unpaired) electrons. The molecule has 0 fully saturated rings. The van der Waals surface area contributed by atoms with Crippen molar-refractivity contribution in [3.8, 4) is 5.69 Å². The lowest BCUT2D eigenvalue weighted by Crippen LogP contribution is -2.23. The number of carbonyl (C=O) groups is 1. The summed E-state index contributed by atoms with van der Waals surface area (Å²) in [5, 5.41) is 13.8. The summed E-state index contributed by atoms with van der Waals surface area (Å²) >= 11 is 0. The largest absolute Gasteiger partial charge is 0.481 e. The lowest BCUT2D eigenvalue weighted by atomic mass is 9.86. The molecule has 1 heterocycles. The molecule has 1 N–H and O–H groups in total. The molecule has 0 bridgehead atoms. The van der Waals surface area contributed by atoms with Crippen molar-refractivity contribution in [3.05, 3.63) is 46.8 Å². The van der Waals surface area contributed by atoms with Gasteiger partial charge in [0.25, 0.3) is 0 Å². The molecule has 0 saturated heterocycles. The molecule has 4 heteroatoms. The summed E-state index contributed by atoms with van der Waals surface area (Å²) in [4.78, 5) is 11.2. The Morgan fingerprint density at radius 1 is 1.35 bits per heavy atom. The predicted octanol–water partition coefficient (Wildman–Crippen LogP) is 2.68. The molecule has 1 aromatic heterocycles. The highest BCUT2D eigenvalue weighted by atomic mass is 16.4. The number of hydrogen-bond donors (Lipinski definition) is 1. The SMILES string of the molecule is Cc1ccccc1-n1nc(C)c2c1CCC(C(=O)O)C2. The minimum absolute atomic E-state index is 0.268. The molecule has 1 aromatic carbocycles. The summed E-state index contributed by atoms with van der Waals surface area (Å²) in [6, 6.07) is 8.16. The normalized spacial score (nSPS) is 17.8. The predicted molar refractivity (Wildman–Crippen MR) is 76.2 cm³/mol. The Morgan fingerprint density at radius 2 is 2.10 bits per heavy atom. The van der Waals surface area contributed by atoms with Crippen molar-refractivity contribution < 1.29 is 9.90 Å². The van der Waals surface area contributed by atoms with Crippen LogP contribution in [-0.2, 0) is 17.6 Å². The molecule has 0 saturated carbocycles. The lowest BCUT2D eigenvalue weighted by Gasteiger charge is -2.20. The smallest absolute Gasteiger partial charge is 0.306 e. The molecular weight excluding hydrogens is 252 g/mol. The van der Waals surface area contributed by atoms with Crippen LogP contribution in [0.5, 0.6) is 0 Å². The third-order valence-corrected chi connectivity index (χ3v) is 4.16. The van der Waals surface area contributed by atoms with Crippen molar-refractivity contribution in [1.82, 2.24) is 9.78 Å². The Labute approximate surface area is 118 Å². The number of aliphatic carboxylic acids is 1. The number of benzene rings is 1. The van der Waals surface area contributed by atoms with Crippen LogP contribution in [0.3, 0.4) is 0 Å². The van der Waals surface area contributed by atoms with Crippen LogP contribution in [0.25, 0.3) is 5.69 Å². The van der Waals surface area contributed by atoms with Gasteiger partial charge in [-0.1, -0.05) is 18.2 Å². The van der Waals surface area contributed by atoms with Gasteiger partial charge in [0.15, 0.2) is 0 Å². The summed E-state index contributed by atoms with van der Waals surface area (Å²) in [6.07, 6.45) is 2.07. The fourth-order valence-electron chi connectivity index (χ4n) is 3.00. The lowest BCUT2D eigenvalue weighted by molar-refractivity contribution is -0.142. The zero-order valence-corrected chi connectivity index (χ0v) is 11.8. The van der Waals surface area contributed by atoms with E-state index in [1.165, 1.54) is 11.3 Å². The molecule has 0 aliphatic heterocycles. The van der Waals surface area contributed by atoms with Crippen molar-refractivity contribution >= 4 is 5.97 Å². The van der Waals surface area contributed by atoms with Crippen LogP contribution < -0.4 is 0 Å². The van der Waals surface area contributed by atoms with Gasteiger partial charge in [-0.05, 0) is 50.3 Å². The fourth-order valence-corrected chi connectivity index (χ4v) is 3.00. The summed E-state index contributed by atoms with van der Waals surface area (Å²) < 4.78 is 2.00. The number of carboxylic acids is 1. The average molecular weight is 270 g/mol. The van der Waals surface area contributed by atoms with Gasteiger partial charge in [0, 0.05) is 5.69 Å². The molecule has 1 aliphatic carbocycles. The molecule has 1 atom stereocenters. The molecule has 20 heavy (non-hydrogen) atoms. The van der Waals surface area contributed by atoms with E-state index in [2.05, 4.69) is 24.2 Å². The molecular formula is C16H18N2O2. The number of nitrogens with zero attached hydrogens (tertiary/aromatic N) is 2. The van der Waals surface area contributed by atoms with Gasteiger partial charge in [0.1, 0.15) is 0 Å². The van der Waals surface area contributed by atoms with Crippen LogP contribution in [-0.4, -0.2) is 20.9 Å². The van der Waals surface area contributed by atoms with Gasteiger partial charge in [0.05, 0.1) is 17.3 Å². The maximum absolute atomic E-state index is 11.2. The van der Waals surface area contributed by atoms with E-state index in [0.29, 0.717) is 12.8 Å². The van der Waals surface area contributed by atoms with Gasteiger partial charge in [-0.25, -0.2) is 4.68 Å². The molecule has 4 nitrogen and oxygen atoms in total. The molecule has 3 rings (SSSR count). The molecule has 1 aliphatic rings. The monoisotopic (exact) mass is 270 g/mol. The first kappa shape index (κ1) is 12.9. The Bertz CT molecular complexity index is 673. The van der Waals surface area contributed by atoms with Crippen molar-refractivity contribution in [2.75, 3.05) is 0 Å². The third kappa shape index (κ3) is 2.01. The summed E-state index contributed by atoms with van der Waals surface area (Å²) in [7, 11) is 0.